The molecular formula is C7H12N4O2S. The molecule has 14 heavy (non-hydrogen) atoms. The summed E-state index contributed by atoms with van der Waals surface area (Å²) in [7, 11) is -1.62. The van der Waals surface area contributed by atoms with E-state index in [0.29, 0.717) is 6.54 Å². The molecule has 0 unspecified atom stereocenters. The van der Waals surface area contributed by atoms with Gasteiger partial charge in [-0.1, -0.05) is 0 Å². The van der Waals surface area contributed by atoms with Crippen LogP contribution in [0.25, 0.3) is 0 Å². The van der Waals surface area contributed by atoms with Gasteiger partial charge < -0.3 is 5.32 Å². The van der Waals surface area contributed by atoms with E-state index in [4.69, 9.17) is 0 Å². The van der Waals surface area contributed by atoms with E-state index in [1.54, 1.807) is 7.05 Å². The summed E-state index contributed by atoms with van der Waals surface area (Å²) in [6, 6.07) is 0. The van der Waals surface area contributed by atoms with Crippen LogP contribution in [0.1, 0.15) is 0 Å². The lowest BCUT2D eigenvalue weighted by Crippen LogP contribution is -2.24. The second-order valence-electron chi connectivity index (χ2n) is 2.62. The molecule has 0 saturated heterocycles. The Morgan fingerprint density at radius 3 is 2.79 bits per heavy atom. The first-order valence-electron chi connectivity index (χ1n) is 4.05. The van der Waals surface area contributed by atoms with Crippen molar-refractivity contribution < 1.29 is 8.42 Å². The Kier molecular flexibility index (Phi) is 3.78. The SMILES string of the molecule is CNCCS(=O)(=O)Nc1cnccn1. The summed E-state index contributed by atoms with van der Waals surface area (Å²) in [5, 5.41) is 2.75. The van der Waals surface area contributed by atoms with Gasteiger partial charge in [-0.2, -0.15) is 0 Å². The first-order valence-corrected chi connectivity index (χ1v) is 5.70. The maximum absolute atomic E-state index is 11.3. The minimum atomic E-state index is -3.31. The van der Waals surface area contributed by atoms with Crippen LogP contribution >= 0.6 is 0 Å². The number of anilines is 1. The molecule has 0 aliphatic heterocycles. The number of hydrogen-bond donors (Lipinski definition) is 2. The second kappa shape index (κ2) is 4.87. The number of rotatable bonds is 5. The van der Waals surface area contributed by atoms with Crippen molar-refractivity contribution in [2.45, 2.75) is 0 Å². The first-order chi connectivity index (χ1) is 6.64. The summed E-state index contributed by atoms with van der Waals surface area (Å²) in [4.78, 5) is 7.54. The topological polar surface area (TPSA) is 84.0 Å². The molecule has 0 fully saturated rings. The third-order valence-electron chi connectivity index (χ3n) is 1.44. The van der Waals surface area contributed by atoms with Crippen LogP contribution in [0.4, 0.5) is 5.82 Å². The van der Waals surface area contributed by atoms with E-state index >= 15 is 0 Å². The largest absolute Gasteiger partial charge is 0.319 e. The van der Waals surface area contributed by atoms with E-state index in [2.05, 4.69) is 20.0 Å². The maximum Gasteiger partial charge on any atom is 0.235 e. The molecular weight excluding hydrogens is 204 g/mol. The number of nitrogens with zero attached hydrogens (tertiary/aromatic N) is 2. The van der Waals surface area contributed by atoms with Crippen molar-refractivity contribution in [3.8, 4) is 0 Å². The molecule has 0 atom stereocenters. The first kappa shape index (κ1) is 10.9. The summed E-state index contributed by atoms with van der Waals surface area (Å²) >= 11 is 0. The van der Waals surface area contributed by atoms with Crippen molar-refractivity contribution in [3.63, 3.8) is 0 Å². The summed E-state index contributed by atoms with van der Waals surface area (Å²) in [6.45, 7) is 0.398. The Bertz CT molecular complexity index is 365. The van der Waals surface area contributed by atoms with Crippen molar-refractivity contribution in [3.05, 3.63) is 18.6 Å². The van der Waals surface area contributed by atoms with Gasteiger partial charge in [-0.05, 0) is 7.05 Å². The third-order valence-corrected chi connectivity index (χ3v) is 2.71. The van der Waals surface area contributed by atoms with Crippen LogP contribution in [-0.4, -0.2) is 37.7 Å². The average molecular weight is 216 g/mol. The molecule has 0 aliphatic carbocycles. The van der Waals surface area contributed by atoms with Crippen molar-refractivity contribution in [2.24, 2.45) is 0 Å². The molecule has 1 aromatic heterocycles. The lowest BCUT2D eigenvalue weighted by atomic mass is 10.7. The van der Waals surface area contributed by atoms with Crippen molar-refractivity contribution >= 4 is 15.8 Å². The van der Waals surface area contributed by atoms with Gasteiger partial charge in [0, 0.05) is 18.9 Å². The Balaban J connectivity index is 2.60. The highest BCUT2D eigenvalue weighted by Crippen LogP contribution is 2.00. The highest BCUT2D eigenvalue weighted by atomic mass is 32.2. The Morgan fingerprint density at radius 2 is 2.21 bits per heavy atom. The van der Waals surface area contributed by atoms with Gasteiger partial charge in [-0.15, -0.1) is 0 Å². The van der Waals surface area contributed by atoms with E-state index in [1.165, 1.54) is 18.6 Å². The molecule has 78 valence electrons. The zero-order chi connectivity index (χ0) is 10.4. The minimum absolute atomic E-state index is 0.0140. The predicted molar refractivity (Wildman–Crippen MR) is 53.4 cm³/mol. The van der Waals surface area contributed by atoms with E-state index < -0.39 is 10.0 Å². The van der Waals surface area contributed by atoms with Gasteiger partial charge in [0.15, 0.2) is 5.82 Å². The highest BCUT2D eigenvalue weighted by Gasteiger charge is 2.09. The molecule has 0 amide bonds. The molecule has 0 bridgehead atoms. The minimum Gasteiger partial charge on any atom is -0.319 e. The molecule has 2 N–H and O–H groups in total. The molecule has 1 heterocycles. The van der Waals surface area contributed by atoms with Gasteiger partial charge in [-0.3, -0.25) is 9.71 Å². The van der Waals surface area contributed by atoms with Crippen LogP contribution in [0, 0.1) is 0 Å². The summed E-state index contributed by atoms with van der Waals surface area (Å²) < 4.78 is 25.0. The molecule has 1 aromatic rings. The van der Waals surface area contributed by atoms with Crippen LogP contribution in [0.2, 0.25) is 0 Å². The van der Waals surface area contributed by atoms with Crippen LogP contribution in [0.15, 0.2) is 18.6 Å². The third kappa shape index (κ3) is 3.67. The molecule has 0 aliphatic rings. The molecule has 0 aromatic carbocycles. The van der Waals surface area contributed by atoms with E-state index in [9.17, 15) is 8.42 Å². The molecule has 0 spiro atoms. The van der Waals surface area contributed by atoms with E-state index in [-0.39, 0.29) is 11.6 Å². The molecule has 7 heteroatoms. The quantitative estimate of drug-likeness (QED) is 0.689. The second-order valence-corrected chi connectivity index (χ2v) is 4.46. The van der Waals surface area contributed by atoms with Gasteiger partial charge in [0.05, 0.1) is 11.9 Å². The smallest absolute Gasteiger partial charge is 0.235 e. The number of aromatic nitrogens is 2. The summed E-state index contributed by atoms with van der Waals surface area (Å²) in [5.41, 5.74) is 0. The summed E-state index contributed by atoms with van der Waals surface area (Å²) in [5.74, 6) is 0.253. The normalized spacial score (nSPS) is 11.2. The molecule has 1 rings (SSSR count). The zero-order valence-electron chi connectivity index (χ0n) is 7.77. The Morgan fingerprint density at radius 1 is 1.43 bits per heavy atom. The number of hydrogen-bond acceptors (Lipinski definition) is 5. The fraction of sp³-hybridized carbons (Fsp3) is 0.429. The van der Waals surface area contributed by atoms with Crippen LogP contribution in [-0.2, 0) is 10.0 Å². The Labute approximate surface area is 82.8 Å². The van der Waals surface area contributed by atoms with E-state index in [1.807, 2.05) is 0 Å². The van der Waals surface area contributed by atoms with Gasteiger partial charge >= 0.3 is 0 Å². The summed E-state index contributed by atoms with van der Waals surface area (Å²) in [6.07, 6.45) is 4.26. The van der Waals surface area contributed by atoms with Gasteiger partial charge in [0.2, 0.25) is 10.0 Å². The lowest BCUT2D eigenvalue weighted by Gasteiger charge is -2.05. The van der Waals surface area contributed by atoms with Crippen LogP contribution < -0.4 is 10.0 Å². The molecule has 0 saturated carbocycles. The van der Waals surface area contributed by atoms with Crippen molar-refractivity contribution in [1.82, 2.24) is 15.3 Å². The standard InChI is InChI=1S/C7H12N4O2S/c1-8-4-5-14(12,13)11-7-6-9-2-3-10-7/h2-3,6,8H,4-5H2,1H3,(H,10,11). The van der Waals surface area contributed by atoms with Crippen LogP contribution in [0.5, 0.6) is 0 Å². The number of sulfonamides is 1. The Hall–Kier alpha value is -1.21. The van der Waals surface area contributed by atoms with Crippen molar-refractivity contribution in [1.29, 1.82) is 0 Å². The highest BCUT2D eigenvalue weighted by molar-refractivity contribution is 7.92. The van der Waals surface area contributed by atoms with Gasteiger partial charge in [0.1, 0.15) is 0 Å². The fourth-order valence-electron chi connectivity index (χ4n) is 0.799. The van der Waals surface area contributed by atoms with Gasteiger partial charge in [0.25, 0.3) is 0 Å². The average Bonchev–Trinajstić information content (AvgIpc) is 2.16. The van der Waals surface area contributed by atoms with E-state index in [0.717, 1.165) is 0 Å². The lowest BCUT2D eigenvalue weighted by molar-refractivity contribution is 0.598. The van der Waals surface area contributed by atoms with Crippen LogP contribution in [0.3, 0.4) is 0 Å². The number of nitrogens with one attached hydrogen (secondary N) is 2. The van der Waals surface area contributed by atoms with Gasteiger partial charge in [-0.25, -0.2) is 13.4 Å². The molecule has 6 nitrogen and oxygen atoms in total. The predicted octanol–water partition coefficient (Wildman–Crippen LogP) is -0.562. The maximum atomic E-state index is 11.3. The van der Waals surface area contributed by atoms with Crippen molar-refractivity contribution in [2.75, 3.05) is 24.1 Å². The fourth-order valence-corrected chi connectivity index (χ4v) is 1.80. The monoisotopic (exact) mass is 216 g/mol. The zero-order valence-corrected chi connectivity index (χ0v) is 8.58. The molecule has 0 radical (unpaired) electrons.